The molecule has 0 aliphatic carbocycles. The second-order valence-corrected chi connectivity index (χ2v) is 4.03. The fourth-order valence-corrected chi connectivity index (χ4v) is 1.58. The minimum absolute atomic E-state index is 0.173. The third kappa shape index (κ3) is 8.58. The van der Waals surface area contributed by atoms with E-state index in [2.05, 4.69) is 10.0 Å². The van der Waals surface area contributed by atoms with E-state index in [1.165, 1.54) is 0 Å². The van der Waals surface area contributed by atoms with Crippen molar-refractivity contribution in [3.05, 3.63) is 10.4 Å². The van der Waals surface area contributed by atoms with Gasteiger partial charge in [-0.15, -0.1) is 0 Å². The van der Waals surface area contributed by atoms with E-state index in [-0.39, 0.29) is 24.2 Å². The van der Waals surface area contributed by atoms with Gasteiger partial charge in [-0.1, -0.05) is 12.0 Å². The molecule has 0 saturated heterocycles. The molecule has 0 aliphatic rings. The maximum atomic E-state index is 11.4. The van der Waals surface area contributed by atoms with Crippen molar-refractivity contribution in [3.8, 4) is 0 Å². The Hall–Kier alpha value is -1.55. The van der Waals surface area contributed by atoms with Gasteiger partial charge in [0.1, 0.15) is 5.78 Å². The lowest BCUT2D eigenvalue weighted by Gasteiger charge is -2.09. The van der Waals surface area contributed by atoms with Crippen molar-refractivity contribution in [1.29, 1.82) is 0 Å². The number of ketones is 1. The fourth-order valence-electron chi connectivity index (χ4n) is 1.58. The highest BCUT2D eigenvalue weighted by molar-refractivity contribution is 5.78. The van der Waals surface area contributed by atoms with Gasteiger partial charge in [-0.05, 0) is 31.7 Å². The van der Waals surface area contributed by atoms with Crippen molar-refractivity contribution in [1.82, 2.24) is 0 Å². The van der Waals surface area contributed by atoms with Crippen LogP contribution in [0.2, 0.25) is 0 Å². The fraction of sp³-hybridized carbons (Fsp3) is 0.833. The van der Waals surface area contributed by atoms with Gasteiger partial charge in [0.05, 0.1) is 6.61 Å². The summed E-state index contributed by atoms with van der Waals surface area (Å²) >= 11 is 0. The zero-order chi connectivity index (χ0) is 13.8. The van der Waals surface area contributed by atoms with Crippen LogP contribution < -0.4 is 0 Å². The van der Waals surface area contributed by atoms with Crippen molar-refractivity contribution in [3.63, 3.8) is 0 Å². The number of hydrogen-bond donors (Lipinski definition) is 0. The normalized spacial score (nSPS) is 11.4. The van der Waals surface area contributed by atoms with E-state index in [1.54, 1.807) is 6.92 Å². The van der Waals surface area contributed by atoms with Crippen LogP contribution in [0.15, 0.2) is 5.11 Å². The summed E-state index contributed by atoms with van der Waals surface area (Å²) < 4.78 is 4.79. The number of hydrogen-bond acceptors (Lipinski definition) is 4. The number of azide groups is 1. The molecule has 0 saturated carbocycles. The van der Waals surface area contributed by atoms with Gasteiger partial charge in [-0.2, -0.15) is 0 Å². The van der Waals surface area contributed by atoms with E-state index in [0.717, 1.165) is 6.42 Å². The highest BCUT2D eigenvalue weighted by Gasteiger charge is 2.12. The molecule has 0 aromatic rings. The van der Waals surface area contributed by atoms with Crippen molar-refractivity contribution in [2.45, 2.75) is 58.4 Å². The second-order valence-electron chi connectivity index (χ2n) is 4.03. The largest absolute Gasteiger partial charge is 0.466 e. The van der Waals surface area contributed by atoms with Crippen LogP contribution in [0.25, 0.3) is 10.4 Å². The van der Waals surface area contributed by atoms with Gasteiger partial charge in [-0.25, -0.2) is 0 Å². The van der Waals surface area contributed by atoms with Gasteiger partial charge >= 0.3 is 5.97 Å². The number of ether oxygens (including phenoxy) is 1. The topological polar surface area (TPSA) is 92.1 Å². The number of carbonyl (C=O) groups excluding carboxylic acids is 2. The standard InChI is InChI=1S/C12H21N3O3/c1-3-5-11(16)8-6-10(14-15-13)7-9-12(17)18-4-2/h10H,3-9H2,1-2H3. The molecule has 0 fully saturated rings. The molecular formula is C12H21N3O3. The third-order valence-corrected chi connectivity index (χ3v) is 2.49. The molecule has 0 aromatic carbocycles. The summed E-state index contributed by atoms with van der Waals surface area (Å²) in [5, 5.41) is 3.61. The summed E-state index contributed by atoms with van der Waals surface area (Å²) in [7, 11) is 0. The van der Waals surface area contributed by atoms with Gasteiger partial charge in [0, 0.05) is 30.2 Å². The van der Waals surface area contributed by atoms with Gasteiger partial charge in [0.25, 0.3) is 0 Å². The molecule has 0 amide bonds. The van der Waals surface area contributed by atoms with E-state index in [4.69, 9.17) is 10.3 Å². The SMILES string of the molecule is CCCC(=O)CCC(CCC(=O)OCC)N=[N+]=[N-]. The molecule has 18 heavy (non-hydrogen) atoms. The van der Waals surface area contributed by atoms with Crippen molar-refractivity contribution in [2.75, 3.05) is 6.61 Å². The monoisotopic (exact) mass is 255 g/mol. The summed E-state index contributed by atoms with van der Waals surface area (Å²) in [5.41, 5.74) is 8.43. The molecule has 0 rings (SSSR count). The third-order valence-electron chi connectivity index (χ3n) is 2.49. The molecular weight excluding hydrogens is 234 g/mol. The van der Waals surface area contributed by atoms with E-state index in [1.807, 2.05) is 6.92 Å². The van der Waals surface area contributed by atoms with Gasteiger partial charge < -0.3 is 4.74 Å². The van der Waals surface area contributed by atoms with Crippen LogP contribution in [0.5, 0.6) is 0 Å². The molecule has 0 radical (unpaired) electrons. The van der Waals surface area contributed by atoms with E-state index in [0.29, 0.717) is 32.3 Å². The zero-order valence-electron chi connectivity index (χ0n) is 11.1. The Morgan fingerprint density at radius 1 is 1.22 bits per heavy atom. The van der Waals surface area contributed by atoms with Crippen LogP contribution in [0.4, 0.5) is 0 Å². The molecule has 6 nitrogen and oxygen atoms in total. The molecule has 0 N–H and O–H groups in total. The first kappa shape index (κ1) is 16.4. The van der Waals surface area contributed by atoms with Crippen LogP contribution in [0.1, 0.15) is 52.4 Å². The van der Waals surface area contributed by atoms with Crippen molar-refractivity contribution >= 4 is 11.8 Å². The number of esters is 1. The Bertz CT molecular complexity index is 290. The number of nitrogens with zero attached hydrogens (tertiary/aromatic N) is 3. The van der Waals surface area contributed by atoms with Crippen LogP contribution in [0, 0.1) is 0 Å². The Labute approximate surface area is 107 Å². The molecule has 0 heterocycles. The number of carbonyl (C=O) groups is 2. The van der Waals surface area contributed by atoms with Crippen molar-refractivity contribution < 1.29 is 14.3 Å². The minimum Gasteiger partial charge on any atom is -0.466 e. The lowest BCUT2D eigenvalue weighted by molar-refractivity contribution is -0.143. The zero-order valence-corrected chi connectivity index (χ0v) is 11.1. The first-order chi connectivity index (χ1) is 8.63. The van der Waals surface area contributed by atoms with Crippen LogP contribution in [-0.4, -0.2) is 24.4 Å². The Morgan fingerprint density at radius 2 is 1.89 bits per heavy atom. The predicted molar refractivity (Wildman–Crippen MR) is 68.0 cm³/mol. The number of rotatable bonds is 10. The van der Waals surface area contributed by atoms with E-state index >= 15 is 0 Å². The van der Waals surface area contributed by atoms with E-state index < -0.39 is 0 Å². The maximum Gasteiger partial charge on any atom is 0.305 e. The van der Waals surface area contributed by atoms with Gasteiger partial charge in [0.15, 0.2) is 0 Å². The average Bonchev–Trinajstić information content (AvgIpc) is 2.33. The molecule has 0 spiro atoms. The first-order valence-electron chi connectivity index (χ1n) is 6.35. The molecule has 6 heteroatoms. The first-order valence-corrected chi connectivity index (χ1v) is 6.35. The Morgan fingerprint density at radius 3 is 2.44 bits per heavy atom. The Balaban J connectivity index is 4.03. The minimum atomic E-state index is -0.305. The molecule has 1 unspecified atom stereocenters. The second kappa shape index (κ2) is 10.6. The van der Waals surface area contributed by atoms with Crippen LogP contribution in [0.3, 0.4) is 0 Å². The Kier molecular flexibility index (Phi) is 9.68. The smallest absolute Gasteiger partial charge is 0.305 e. The van der Waals surface area contributed by atoms with Gasteiger partial charge in [0.2, 0.25) is 0 Å². The highest BCUT2D eigenvalue weighted by Crippen LogP contribution is 2.12. The highest BCUT2D eigenvalue weighted by atomic mass is 16.5. The lowest BCUT2D eigenvalue weighted by Crippen LogP contribution is -2.12. The molecule has 102 valence electrons. The predicted octanol–water partition coefficient (Wildman–Crippen LogP) is 3.16. The molecule has 1 atom stereocenters. The van der Waals surface area contributed by atoms with Crippen LogP contribution in [-0.2, 0) is 14.3 Å². The van der Waals surface area contributed by atoms with Crippen LogP contribution >= 0.6 is 0 Å². The lowest BCUT2D eigenvalue weighted by atomic mass is 10.0. The summed E-state index contributed by atoms with van der Waals surface area (Å²) in [6.45, 7) is 4.04. The summed E-state index contributed by atoms with van der Waals surface area (Å²) in [4.78, 5) is 25.3. The van der Waals surface area contributed by atoms with Crippen molar-refractivity contribution in [2.24, 2.45) is 5.11 Å². The quantitative estimate of drug-likeness (QED) is 0.260. The average molecular weight is 255 g/mol. The molecule has 0 aliphatic heterocycles. The maximum absolute atomic E-state index is 11.4. The summed E-state index contributed by atoms with van der Waals surface area (Å²) in [6, 6.07) is -0.305. The van der Waals surface area contributed by atoms with Gasteiger partial charge in [-0.3, -0.25) is 9.59 Å². The van der Waals surface area contributed by atoms with E-state index in [9.17, 15) is 9.59 Å². The molecule has 0 bridgehead atoms. The molecule has 0 aromatic heterocycles. The summed E-state index contributed by atoms with van der Waals surface area (Å²) in [6.07, 6.45) is 2.94. The number of Topliss-reactive ketones (excluding diaryl/α,β-unsaturated/α-hetero) is 1. The summed E-state index contributed by atoms with van der Waals surface area (Å²) in [5.74, 6) is -0.123.